The van der Waals surface area contributed by atoms with Crippen molar-refractivity contribution < 1.29 is 18.3 Å². The summed E-state index contributed by atoms with van der Waals surface area (Å²) >= 11 is 0. The zero-order valence-electron chi connectivity index (χ0n) is 16.3. The zero-order chi connectivity index (χ0) is 22.1. The van der Waals surface area contributed by atoms with E-state index in [2.05, 4.69) is 20.4 Å². The number of rotatable bonds is 4. The van der Waals surface area contributed by atoms with Crippen molar-refractivity contribution in [3.8, 4) is 17.3 Å². The largest absolute Gasteiger partial charge is 0.412 e. The number of carbonyl (C=O) groups is 1. The van der Waals surface area contributed by atoms with Gasteiger partial charge in [-0.15, -0.1) is 0 Å². The van der Waals surface area contributed by atoms with Crippen molar-refractivity contribution in [1.82, 2.24) is 25.1 Å². The van der Waals surface area contributed by atoms with E-state index in [-0.39, 0.29) is 41.0 Å². The molecule has 2 heterocycles. The van der Waals surface area contributed by atoms with Gasteiger partial charge in [0.15, 0.2) is 17.5 Å². The quantitative estimate of drug-likeness (QED) is 0.458. The molecule has 0 saturated heterocycles. The highest BCUT2D eigenvalue weighted by Gasteiger charge is 2.22. The fraction of sp³-hybridized carbons (Fsp3) is 0.100. The van der Waals surface area contributed by atoms with Gasteiger partial charge in [0, 0.05) is 18.0 Å². The third-order valence-corrected chi connectivity index (χ3v) is 4.53. The Morgan fingerprint density at radius 1 is 1.06 bits per heavy atom. The van der Waals surface area contributed by atoms with Gasteiger partial charge in [0.25, 0.3) is 0 Å². The summed E-state index contributed by atoms with van der Waals surface area (Å²) < 4.78 is 35.1. The molecule has 0 radical (unpaired) electrons. The molecule has 0 aliphatic heterocycles. The zero-order valence-corrected chi connectivity index (χ0v) is 16.3. The Bertz CT molecular complexity index is 1280. The van der Waals surface area contributed by atoms with Crippen molar-refractivity contribution in [3.05, 3.63) is 59.7 Å². The summed E-state index contributed by atoms with van der Waals surface area (Å²) in [5, 5.41) is 7.04. The Balaban J connectivity index is 1.85. The standard InChI is InChI=1S/C20H17F2N7O2/c1-25-20(30)31-16-17(23)26-19(27-18(16)24)14-11-6-4-8-13(22)15(11)29(28-14)9-10-5-2-3-7-12(10)21/h2-8H,9H2,1H3,(H,25,30)(H4,23,24,26,27). The topological polar surface area (TPSA) is 134 Å². The van der Waals surface area contributed by atoms with E-state index in [9.17, 15) is 13.6 Å². The van der Waals surface area contributed by atoms with Gasteiger partial charge in [0.05, 0.1) is 6.54 Å². The Morgan fingerprint density at radius 2 is 1.74 bits per heavy atom. The maximum Gasteiger partial charge on any atom is 0.412 e. The molecule has 0 saturated carbocycles. The Labute approximate surface area is 174 Å². The lowest BCUT2D eigenvalue weighted by molar-refractivity contribution is 0.203. The number of nitrogens with two attached hydrogens (primary N) is 2. The summed E-state index contributed by atoms with van der Waals surface area (Å²) in [7, 11) is 1.37. The molecule has 0 atom stereocenters. The van der Waals surface area contributed by atoms with Crippen LogP contribution in [0.3, 0.4) is 0 Å². The van der Waals surface area contributed by atoms with E-state index in [4.69, 9.17) is 16.2 Å². The highest BCUT2D eigenvalue weighted by atomic mass is 19.1. The fourth-order valence-corrected chi connectivity index (χ4v) is 3.10. The Morgan fingerprint density at radius 3 is 2.42 bits per heavy atom. The van der Waals surface area contributed by atoms with Crippen molar-refractivity contribution in [2.24, 2.45) is 0 Å². The van der Waals surface area contributed by atoms with Gasteiger partial charge in [-0.3, -0.25) is 4.68 Å². The minimum absolute atomic E-state index is 0.00198. The van der Waals surface area contributed by atoms with Crippen LogP contribution in [0.15, 0.2) is 42.5 Å². The molecule has 5 N–H and O–H groups in total. The van der Waals surface area contributed by atoms with E-state index < -0.39 is 17.7 Å². The second kappa shape index (κ2) is 7.86. The first-order chi connectivity index (χ1) is 14.9. The summed E-state index contributed by atoms with van der Waals surface area (Å²) in [5.41, 5.74) is 12.5. The van der Waals surface area contributed by atoms with Gasteiger partial charge in [0.1, 0.15) is 22.8 Å². The molecule has 4 rings (SSSR count). The van der Waals surface area contributed by atoms with Gasteiger partial charge in [-0.1, -0.05) is 30.3 Å². The lowest BCUT2D eigenvalue weighted by Crippen LogP contribution is -2.23. The number of anilines is 2. The van der Waals surface area contributed by atoms with Gasteiger partial charge >= 0.3 is 6.09 Å². The van der Waals surface area contributed by atoms with Crippen molar-refractivity contribution in [2.45, 2.75) is 6.54 Å². The van der Waals surface area contributed by atoms with Crippen LogP contribution in [-0.2, 0) is 6.54 Å². The molecular formula is C20H17F2N7O2. The fourth-order valence-electron chi connectivity index (χ4n) is 3.10. The van der Waals surface area contributed by atoms with Crippen LogP contribution >= 0.6 is 0 Å². The SMILES string of the molecule is CNC(=O)Oc1c(N)nc(-c2nn(Cc3ccccc3F)c3c(F)cccc23)nc1N. The number of nitrogens with zero attached hydrogens (tertiary/aromatic N) is 4. The van der Waals surface area contributed by atoms with Gasteiger partial charge in [0.2, 0.25) is 5.75 Å². The molecule has 0 fully saturated rings. The average molecular weight is 425 g/mol. The molecule has 9 nitrogen and oxygen atoms in total. The van der Waals surface area contributed by atoms with E-state index in [1.807, 2.05) is 0 Å². The van der Waals surface area contributed by atoms with Crippen LogP contribution in [0.5, 0.6) is 5.75 Å². The number of hydrogen-bond donors (Lipinski definition) is 3. The van der Waals surface area contributed by atoms with Crippen LogP contribution in [0.4, 0.5) is 25.2 Å². The molecule has 158 valence electrons. The molecule has 0 aliphatic rings. The number of aromatic nitrogens is 4. The van der Waals surface area contributed by atoms with Gasteiger partial charge in [-0.25, -0.2) is 23.5 Å². The first-order valence-corrected chi connectivity index (χ1v) is 9.10. The van der Waals surface area contributed by atoms with Crippen molar-refractivity contribution in [1.29, 1.82) is 0 Å². The van der Waals surface area contributed by atoms with Crippen LogP contribution in [0, 0.1) is 11.6 Å². The molecule has 2 aromatic carbocycles. The summed E-state index contributed by atoms with van der Waals surface area (Å²) in [6.07, 6.45) is -0.795. The number of nitrogen functional groups attached to an aromatic ring is 2. The predicted octanol–water partition coefficient (Wildman–Crippen LogP) is 2.70. The number of halogens is 2. The van der Waals surface area contributed by atoms with Crippen LogP contribution in [0.1, 0.15) is 5.56 Å². The molecular weight excluding hydrogens is 408 g/mol. The number of para-hydroxylation sites is 1. The second-order valence-corrected chi connectivity index (χ2v) is 6.52. The number of nitrogens with one attached hydrogen (secondary N) is 1. The van der Waals surface area contributed by atoms with Crippen molar-refractivity contribution in [3.63, 3.8) is 0 Å². The van der Waals surface area contributed by atoms with Crippen LogP contribution < -0.4 is 21.5 Å². The molecule has 4 aromatic rings. The third kappa shape index (κ3) is 3.68. The average Bonchev–Trinajstić information content (AvgIpc) is 3.12. The molecule has 0 aliphatic carbocycles. The Hall–Kier alpha value is -4.28. The number of fused-ring (bicyclic) bond motifs is 1. The van der Waals surface area contributed by atoms with Crippen LogP contribution in [-0.4, -0.2) is 32.9 Å². The third-order valence-electron chi connectivity index (χ3n) is 4.53. The van der Waals surface area contributed by atoms with Crippen LogP contribution in [0.2, 0.25) is 0 Å². The Kier molecular flexibility index (Phi) is 5.07. The van der Waals surface area contributed by atoms with E-state index in [0.29, 0.717) is 10.9 Å². The lowest BCUT2D eigenvalue weighted by atomic mass is 10.2. The number of hydrogen-bond acceptors (Lipinski definition) is 7. The molecule has 0 spiro atoms. The first kappa shape index (κ1) is 20.0. The van der Waals surface area contributed by atoms with E-state index in [0.717, 1.165) is 0 Å². The minimum atomic E-state index is -0.795. The van der Waals surface area contributed by atoms with Gasteiger partial charge < -0.3 is 21.5 Å². The smallest absolute Gasteiger partial charge is 0.402 e. The van der Waals surface area contributed by atoms with Crippen molar-refractivity contribution >= 4 is 28.6 Å². The molecule has 31 heavy (non-hydrogen) atoms. The number of amides is 1. The first-order valence-electron chi connectivity index (χ1n) is 9.10. The monoisotopic (exact) mass is 425 g/mol. The maximum absolute atomic E-state index is 14.7. The molecule has 11 heteroatoms. The van der Waals surface area contributed by atoms with Gasteiger partial charge in [-0.2, -0.15) is 5.10 Å². The molecule has 0 bridgehead atoms. The highest BCUT2D eigenvalue weighted by Crippen LogP contribution is 2.33. The van der Waals surface area contributed by atoms with E-state index >= 15 is 0 Å². The number of ether oxygens (including phenoxy) is 1. The van der Waals surface area contributed by atoms with Crippen molar-refractivity contribution in [2.75, 3.05) is 18.5 Å². The van der Waals surface area contributed by atoms with Crippen LogP contribution in [0.25, 0.3) is 22.4 Å². The van der Waals surface area contributed by atoms with E-state index in [1.165, 1.54) is 29.9 Å². The molecule has 2 aromatic heterocycles. The highest BCUT2D eigenvalue weighted by molar-refractivity contribution is 5.92. The summed E-state index contributed by atoms with van der Waals surface area (Å²) in [6.45, 7) is -0.0209. The number of benzene rings is 2. The maximum atomic E-state index is 14.7. The summed E-state index contributed by atoms with van der Waals surface area (Å²) in [4.78, 5) is 19.7. The second-order valence-electron chi connectivity index (χ2n) is 6.52. The van der Waals surface area contributed by atoms with Gasteiger partial charge in [-0.05, 0) is 12.1 Å². The summed E-state index contributed by atoms with van der Waals surface area (Å²) in [5.74, 6) is -1.58. The minimum Gasteiger partial charge on any atom is -0.402 e. The number of carbonyl (C=O) groups excluding carboxylic acids is 1. The molecule has 1 amide bonds. The lowest BCUT2D eigenvalue weighted by Gasteiger charge is -2.09. The molecule has 0 unspecified atom stereocenters. The predicted molar refractivity (Wildman–Crippen MR) is 110 cm³/mol. The van der Waals surface area contributed by atoms with E-state index in [1.54, 1.807) is 24.3 Å². The summed E-state index contributed by atoms with van der Waals surface area (Å²) in [6, 6.07) is 10.5. The normalized spacial score (nSPS) is 10.9.